The third-order valence-corrected chi connectivity index (χ3v) is 6.27. The van der Waals surface area contributed by atoms with Crippen molar-refractivity contribution < 1.29 is 23.0 Å². The van der Waals surface area contributed by atoms with Crippen LogP contribution in [0.5, 0.6) is 0 Å². The number of amides is 1. The number of carbonyl (C=O) groups excluding carboxylic acids is 1. The molecule has 1 saturated heterocycles. The van der Waals surface area contributed by atoms with Crippen LogP contribution in [0.2, 0.25) is 5.02 Å². The van der Waals surface area contributed by atoms with Crippen molar-refractivity contribution in [3.8, 4) is 0 Å². The zero-order valence-electron chi connectivity index (χ0n) is 19.4. The van der Waals surface area contributed by atoms with Gasteiger partial charge in [-0.1, -0.05) is 23.7 Å². The Morgan fingerprint density at radius 3 is 2.83 bits per heavy atom. The van der Waals surface area contributed by atoms with E-state index in [2.05, 4.69) is 10.3 Å². The summed E-state index contributed by atoms with van der Waals surface area (Å²) in [6.07, 6.45) is 0.0402. The van der Waals surface area contributed by atoms with Crippen LogP contribution in [0.4, 0.5) is 14.5 Å². The van der Waals surface area contributed by atoms with Gasteiger partial charge < -0.3 is 26.7 Å². The molecule has 0 aromatic heterocycles. The lowest BCUT2D eigenvalue weighted by Crippen LogP contribution is -2.59. The van der Waals surface area contributed by atoms with Crippen LogP contribution in [0, 0.1) is 16.8 Å². The molecule has 1 amide bonds. The van der Waals surface area contributed by atoms with Gasteiger partial charge in [0.15, 0.2) is 5.70 Å². The Hall–Kier alpha value is -2.93. The van der Waals surface area contributed by atoms with Gasteiger partial charge >= 0.3 is 0 Å². The number of carbonyl (C=O) groups is 1. The van der Waals surface area contributed by atoms with Crippen molar-refractivity contribution in [2.75, 3.05) is 44.7 Å². The quantitative estimate of drug-likeness (QED) is 0.251. The number of aliphatic imine (C=N–C) groups is 1. The van der Waals surface area contributed by atoms with Gasteiger partial charge in [0.25, 0.3) is 0 Å². The molecule has 9 nitrogen and oxygen atoms in total. The average molecular weight is 521 g/mol. The number of hydrogen-bond acceptors (Lipinski definition) is 7. The highest BCUT2D eigenvalue weighted by Crippen LogP contribution is 2.37. The molecule has 1 unspecified atom stereocenters. The number of hydroxylamine groups is 3. The molecule has 0 radical (unpaired) electrons. The number of amidine groups is 1. The number of piperazine rings is 1. The second-order valence-corrected chi connectivity index (χ2v) is 9.14. The largest absolute Gasteiger partial charge is 0.620 e. The number of nitrogens with one attached hydrogen (secondary N) is 1. The molecule has 2 aromatic rings. The SMILES string of the molecule is NC(=O)C[C@H](N)COCCN1CC[N+]2([O-])C(=NC(c3cccc(F)c3)=C2Nc2ccc(Cl)c(F)c2)C1. The monoisotopic (exact) mass is 520 g/mol. The van der Waals surface area contributed by atoms with Crippen molar-refractivity contribution in [2.24, 2.45) is 16.5 Å². The molecule has 2 aromatic carbocycles. The van der Waals surface area contributed by atoms with E-state index in [9.17, 15) is 18.8 Å². The number of fused-ring (bicyclic) bond motifs is 1. The van der Waals surface area contributed by atoms with Crippen molar-refractivity contribution in [3.63, 3.8) is 0 Å². The maximum atomic E-state index is 14.1. The van der Waals surface area contributed by atoms with Crippen molar-refractivity contribution >= 4 is 34.7 Å². The van der Waals surface area contributed by atoms with Gasteiger partial charge in [-0.2, -0.15) is 4.99 Å². The van der Waals surface area contributed by atoms with Crippen LogP contribution in [-0.4, -0.2) is 66.7 Å². The van der Waals surface area contributed by atoms with Crippen molar-refractivity contribution in [1.29, 1.82) is 0 Å². The van der Waals surface area contributed by atoms with Gasteiger partial charge in [0, 0.05) is 36.8 Å². The van der Waals surface area contributed by atoms with Crippen LogP contribution < -0.4 is 16.8 Å². The van der Waals surface area contributed by atoms with Gasteiger partial charge in [-0.05, 0) is 30.3 Å². The summed E-state index contributed by atoms with van der Waals surface area (Å²) in [6, 6.07) is 9.48. The lowest BCUT2D eigenvalue weighted by molar-refractivity contribution is -0.749. The molecule has 1 fully saturated rings. The number of benzene rings is 2. The van der Waals surface area contributed by atoms with Crippen LogP contribution in [0.25, 0.3) is 5.70 Å². The van der Waals surface area contributed by atoms with Crippen molar-refractivity contribution in [3.05, 3.63) is 75.7 Å². The van der Waals surface area contributed by atoms with E-state index < -0.39 is 28.2 Å². The molecule has 0 spiro atoms. The van der Waals surface area contributed by atoms with E-state index in [1.54, 1.807) is 12.1 Å². The summed E-state index contributed by atoms with van der Waals surface area (Å²) in [5, 5.41) is 17.0. The number of anilines is 1. The highest BCUT2D eigenvalue weighted by molar-refractivity contribution is 6.30. The molecule has 192 valence electrons. The lowest BCUT2D eigenvalue weighted by Gasteiger charge is -2.45. The van der Waals surface area contributed by atoms with Gasteiger partial charge in [-0.3, -0.25) is 14.3 Å². The zero-order chi connectivity index (χ0) is 25.9. The Balaban J connectivity index is 1.51. The predicted molar refractivity (Wildman–Crippen MR) is 133 cm³/mol. The number of halogens is 3. The van der Waals surface area contributed by atoms with Crippen LogP contribution in [0.3, 0.4) is 0 Å². The van der Waals surface area contributed by atoms with E-state index in [4.69, 9.17) is 27.8 Å². The molecule has 2 heterocycles. The van der Waals surface area contributed by atoms with E-state index in [-0.39, 0.29) is 37.0 Å². The Kier molecular flexibility index (Phi) is 7.98. The maximum Gasteiger partial charge on any atom is 0.239 e. The molecular formula is C24H27ClF2N6O3. The molecule has 12 heteroatoms. The van der Waals surface area contributed by atoms with Crippen molar-refractivity contribution in [1.82, 2.24) is 4.90 Å². The fraction of sp³-hybridized carbons (Fsp3) is 0.333. The van der Waals surface area contributed by atoms with E-state index in [1.165, 1.54) is 30.3 Å². The molecule has 5 N–H and O–H groups in total. The molecule has 0 saturated carbocycles. The lowest BCUT2D eigenvalue weighted by atomic mass is 10.1. The summed E-state index contributed by atoms with van der Waals surface area (Å²) >= 11 is 5.80. The number of rotatable bonds is 10. The Bertz CT molecular complexity index is 1210. The molecule has 0 bridgehead atoms. The maximum absolute atomic E-state index is 14.1. The minimum atomic E-state index is -0.864. The first-order valence-corrected chi connectivity index (χ1v) is 11.8. The van der Waals surface area contributed by atoms with Crippen molar-refractivity contribution in [2.45, 2.75) is 12.5 Å². The Morgan fingerprint density at radius 2 is 2.11 bits per heavy atom. The second kappa shape index (κ2) is 11.0. The summed E-state index contributed by atoms with van der Waals surface area (Å²) in [5.41, 5.74) is 12.0. The Labute approximate surface area is 212 Å². The molecule has 2 aliphatic rings. The Morgan fingerprint density at radius 1 is 1.31 bits per heavy atom. The second-order valence-electron chi connectivity index (χ2n) is 8.73. The molecule has 2 atom stereocenters. The number of primary amides is 1. The average Bonchev–Trinajstić information content (AvgIpc) is 3.10. The highest BCUT2D eigenvalue weighted by atomic mass is 35.5. The summed E-state index contributed by atoms with van der Waals surface area (Å²) < 4.78 is 32.8. The number of nitrogens with zero attached hydrogens (tertiary/aromatic N) is 3. The van der Waals surface area contributed by atoms with Gasteiger partial charge in [0.05, 0.1) is 24.8 Å². The van der Waals surface area contributed by atoms with E-state index in [0.717, 1.165) is 0 Å². The molecule has 36 heavy (non-hydrogen) atoms. The van der Waals surface area contributed by atoms with Crippen LogP contribution in [0.1, 0.15) is 12.0 Å². The molecule has 2 aliphatic heterocycles. The zero-order valence-corrected chi connectivity index (χ0v) is 20.2. The van der Waals surface area contributed by atoms with Gasteiger partial charge in [0.2, 0.25) is 17.6 Å². The standard InChI is InChI=1S/C24H27ClF2N6O3/c25-19-5-4-18(12-20(19)27)30-24-23(15-2-1-3-16(26)10-15)31-22-13-32(6-8-33(22,24)35)7-9-36-14-17(28)11-21(29)34/h1-5,10,12,17,30H,6-9,11,13-14,28H2,(H2,29,34)/t17-,33?/m0/s1. The number of quaternary nitrogens is 1. The van der Waals surface area contributed by atoms with E-state index in [0.29, 0.717) is 42.5 Å². The summed E-state index contributed by atoms with van der Waals surface area (Å²) in [4.78, 5) is 17.5. The number of ether oxygens (including phenoxy) is 1. The predicted octanol–water partition coefficient (Wildman–Crippen LogP) is 2.62. The highest BCUT2D eigenvalue weighted by Gasteiger charge is 2.43. The van der Waals surface area contributed by atoms with Gasteiger partial charge in [-0.25, -0.2) is 8.78 Å². The third kappa shape index (κ3) is 5.89. The summed E-state index contributed by atoms with van der Waals surface area (Å²) in [5.74, 6) is -1.08. The third-order valence-electron chi connectivity index (χ3n) is 5.97. The van der Waals surface area contributed by atoms with E-state index in [1.807, 2.05) is 4.90 Å². The van der Waals surface area contributed by atoms with Gasteiger partial charge in [0.1, 0.15) is 18.2 Å². The minimum absolute atomic E-state index is 0.0402. The fourth-order valence-corrected chi connectivity index (χ4v) is 4.27. The smallest absolute Gasteiger partial charge is 0.239 e. The van der Waals surface area contributed by atoms with Crippen LogP contribution in [0.15, 0.2) is 53.3 Å². The summed E-state index contributed by atoms with van der Waals surface area (Å²) in [6.45, 7) is 1.89. The molecule has 0 aliphatic carbocycles. The topological polar surface area (TPSA) is 129 Å². The molecule has 4 rings (SSSR count). The fourth-order valence-electron chi connectivity index (χ4n) is 4.15. The number of hydrogen-bond donors (Lipinski definition) is 3. The normalized spacial score (nSPS) is 20.8. The minimum Gasteiger partial charge on any atom is -0.620 e. The van der Waals surface area contributed by atoms with Gasteiger partial charge in [-0.15, -0.1) is 0 Å². The molecular weight excluding hydrogens is 494 g/mol. The number of nitrogens with two attached hydrogens (primary N) is 2. The van der Waals surface area contributed by atoms with Crippen LogP contribution >= 0.6 is 11.6 Å². The first-order chi connectivity index (χ1) is 17.2. The summed E-state index contributed by atoms with van der Waals surface area (Å²) in [7, 11) is 0. The first kappa shape index (κ1) is 26.1. The van der Waals surface area contributed by atoms with E-state index >= 15 is 0 Å². The first-order valence-electron chi connectivity index (χ1n) is 11.4. The van der Waals surface area contributed by atoms with Crippen LogP contribution in [-0.2, 0) is 9.53 Å².